The van der Waals surface area contributed by atoms with Gasteiger partial charge in [0.15, 0.2) is 0 Å². The summed E-state index contributed by atoms with van der Waals surface area (Å²) in [5, 5.41) is 10.4. The highest BCUT2D eigenvalue weighted by atomic mass is 31.1. The van der Waals surface area contributed by atoms with Crippen LogP contribution in [-0.2, 0) is 0 Å². The van der Waals surface area contributed by atoms with Crippen LogP contribution < -0.4 is 30.7 Å². The predicted molar refractivity (Wildman–Crippen MR) is 168 cm³/mol. The maximum atomic E-state index is 5.40. The quantitative estimate of drug-likeness (QED) is 0.208. The molecule has 0 aromatic heterocycles. The van der Waals surface area contributed by atoms with Gasteiger partial charge in [0, 0.05) is 0 Å². The van der Waals surface area contributed by atoms with Crippen LogP contribution in [0.4, 0.5) is 0 Å². The van der Waals surface area contributed by atoms with Gasteiger partial charge in [0.1, 0.15) is 11.5 Å². The molecule has 0 N–H and O–H groups in total. The van der Waals surface area contributed by atoms with Crippen molar-refractivity contribution in [3.8, 4) is 22.6 Å². The molecule has 0 aliphatic rings. The molecule has 6 aromatic carbocycles. The van der Waals surface area contributed by atoms with Crippen molar-refractivity contribution in [3.63, 3.8) is 0 Å². The van der Waals surface area contributed by atoms with Crippen molar-refractivity contribution in [2.45, 2.75) is 0 Å². The average molecular weight is 531 g/mol. The van der Waals surface area contributed by atoms with Gasteiger partial charge in [-0.1, -0.05) is 114 Å². The summed E-state index contributed by atoms with van der Waals surface area (Å²) in [5.41, 5.74) is 2.68. The van der Waals surface area contributed by atoms with E-state index < -0.39 is 0 Å². The number of hydrogen-bond donors (Lipinski definition) is 0. The molecule has 2 nitrogen and oxygen atoms in total. The second-order valence-corrected chi connectivity index (χ2v) is 11.9. The Kier molecular flexibility index (Phi) is 7.10. The van der Waals surface area contributed by atoms with Gasteiger partial charge in [0.2, 0.25) is 0 Å². The second kappa shape index (κ2) is 11.0. The van der Waals surface area contributed by atoms with E-state index in [4.69, 9.17) is 9.47 Å². The van der Waals surface area contributed by atoms with Gasteiger partial charge in [0.05, 0.1) is 14.2 Å². The molecule has 2 unspecified atom stereocenters. The summed E-state index contributed by atoms with van der Waals surface area (Å²) in [7, 11) is 4.48. The van der Waals surface area contributed by atoms with E-state index in [2.05, 4.69) is 121 Å². The van der Waals surface area contributed by atoms with Crippen molar-refractivity contribution in [2.24, 2.45) is 0 Å². The van der Waals surface area contributed by atoms with Crippen molar-refractivity contribution in [1.82, 2.24) is 0 Å². The first-order valence-corrected chi connectivity index (χ1v) is 14.6. The van der Waals surface area contributed by atoms with Crippen LogP contribution in [0.25, 0.3) is 32.7 Å². The molecule has 0 aliphatic heterocycles. The molecule has 0 heterocycles. The highest BCUT2D eigenvalue weighted by molar-refractivity contribution is 7.56. The summed E-state index contributed by atoms with van der Waals surface area (Å²) in [6.07, 6.45) is 0. The molecule has 0 saturated heterocycles. The minimum Gasteiger partial charge on any atom is -0.497 e. The van der Waals surface area contributed by atoms with Gasteiger partial charge in [-0.25, -0.2) is 0 Å². The van der Waals surface area contributed by atoms with Crippen LogP contribution in [0.2, 0.25) is 0 Å². The maximum absolute atomic E-state index is 5.40. The lowest BCUT2D eigenvalue weighted by Crippen LogP contribution is -2.13. The van der Waals surface area contributed by atoms with Gasteiger partial charge >= 0.3 is 0 Å². The van der Waals surface area contributed by atoms with Crippen LogP contribution in [0.3, 0.4) is 0 Å². The Morgan fingerprint density at radius 1 is 0.421 bits per heavy atom. The molecule has 0 radical (unpaired) electrons. The number of ether oxygens (including phenoxy) is 2. The summed E-state index contributed by atoms with van der Waals surface area (Å²) >= 11 is 0. The van der Waals surface area contributed by atoms with Crippen LogP contribution in [0.15, 0.2) is 121 Å². The molecular weight excluding hydrogens is 502 g/mol. The zero-order valence-electron chi connectivity index (χ0n) is 21.4. The Bertz CT molecular complexity index is 1590. The predicted octanol–water partition coefficient (Wildman–Crippen LogP) is 6.94. The van der Waals surface area contributed by atoms with E-state index >= 15 is 0 Å². The van der Waals surface area contributed by atoms with Gasteiger partial charge in [-0.15, -0.1) is 0 Å². The van der Waals surface area contributed by atoms with Gasteiger partial charge < -0.3 is 9.47 Å². The van der Waals surface area contributed by atoms with Crippen molar-refractivity contribution >= 4 is 59.9 Å². The molecule has 4 heteroatoms. The van der Waals surface area contributed by atoms with E-state index in [0.717, 1.165) is 11.5 Å². The van der Waals surface area contributed by atoms with E-state index in [1.807, 2.05) is 0 Å². The minimum absolute atomic E-state index is 0.527. The summed E-state index contributed by atoms with van der Waals surface area (Å²) < 4.78 is 10.8. The molecule has 0 saturated carbocycles. The molecule has 0 amide bonds. The molecule has 0 bridgehead atoms. The van der Waals surface area contributed by atoms with Gasteiger partial charge in [-0.2, -0.15) is 0 Å². The lowest BCUT2D eigenvalue weighted by Gasteiger charge is -2.20. The monoisotopic (exact) mass is 530 g/mol. The third-order valence-corrected chi connectivity index (χ3v) is 9.46. The largest absolute Gasteiger partial charge is 0.497 e. The molecule has 6 aromatic rings. The number of rotatable bonds is 7. The second-order valence-electron chi connectivity index (χ2n) is 9.13. The van der Waals surface area contributed by atoms with Crippen LogP contribution >= 0.6 is 17.2 Å². The van der Waals surface area contributed by atoms with E-state index in [9.17, 15) is 0 Å². The van der Waals surface area contributed by atoms with Crippen molar-refractivity contribution in [2.75, 3.05) is 14.2 Å². The highest BCUT2D eigenvalue weighted by Gasteiger charge is 2.18. The fourth-order valence-electron chi connectivity index (χ4n) is 4.95. The standard InChI is InChI=1S/C34H28O2P2/c1-35-25-13-17-27(18-14-25)37-31-21-11-23-7-3-5-9-29(23)33(31)34-30-10-6-4-8-24(30)12-22-32(34)38-28-19-15-26(36-2)16-20-28/h3-22,37-38H,1-2H3. The van der Waals surface area contributed by atoms with E-state index in [-0.39, 0.29) is 0 Å². The van der Waals surface area contributed by atoms with Crippen molar-refractivity contribution in [3.05, 3.63) is 121 Å². The number of benzene rings is 6. The SMILES string of the molecule is COc1ccc(Pc2ccc3ccccc3c2-c2c(Pc3ccc(OC)cc3)ccc3ccccc23)cc1. The smallest absolute Gasteiger partial charge is 0.118 e. The van der Waals surface area contributed by atoms with E-state index in [0.29, 0.717) is 17.2 Å². The Labute approximate surface area is 227 Å². The Morgan fingerprint density at radius 3 is 1.21 bits per heavy atom. The molecule has 38 heavy (non-hydrogen) atoms. The number of methoxy groups -OCH3 is 2. The third kappa shape index (κ3) is 4.91. The molecule has 0 aliphatic carbocycles. The zero-order chi connectivity index (χ0) is 25.9. The lowest BCUT2D eigenvalue weighted by atomic mass is 9.94. The fraction of sp³-hybridized carbons (Fsp3) is 0.0588. The van der Waals surface area contributed by atoms with Gasteiger partial charge in [-0.3, -0.25) is 0 Å². The lowest BCUT2D eigenvalue weighted by molar-refractivity contribution is 0.415. The van der Waals surface area contributed by atoms with Crippen LogP contribution in [0.5, 0.6) is 11.5 Å². The fourth-order valence-corrected chi connectivity index (χ4v) is 7.34. The van der Waals surface area contributed by atoms with E-state index in [1.165, 1.54) is 53.9 Å². The number of fused-ring (bicyclic) bond motifs is 2. The Hall–Kier alpha value is -3.70. The molecular formula is C34H28O2P2. The summed E-state index contributed by atoms with van der Waals surface area (Å²) in [4.78, 5) is 0. The first-order chi connectivity index (χ1) is 18.7. The molecule has 0 fully saturated rings. The molecule has 2 atom stereocenters. The van der Waals surface area contributed by atoms with Crippen molar-refractivity contribution in [1.29, 1.82) is 0 Å². The summed E-state index contributed by atoms with van der Waals surface area (Å²) in [6.45, 7) is 0. The van der Waals surface area contributed by atoms with Crippen molar-refractivity contribution < 1.29 is 9.47 Å². The summed E-state index contributed by atoms with van der Waals surface area (Å²) in [5.74, 6) is 1.77. The molecule has 186 valence electrons. The first-order valence-electron chi connectivity index (χ1n) is 12.6. The van der Waals surface area contributed by atoms with Crippen LogP contribution in [0.1, 0.15) is 0 Å². The molecule has 6 rings (SSSR count). The maximum Gasteiger partial charge on any atom is 0.118 e. The Morgan fingerprint density at radius 2 is 0.816 bits per heavy atom. The van der Waals surface area contributed by atoms with Gasteiger partial charge in [-0.05, 0) is 78.2 Å². The highest BCUT2D eigenvalue weighted by Crippen LogP contribution is 2.37. The topological polar surface area (TPSA) is 18.5 Å². The average Bonchev–Trinajstić information content (AvgIpc) is 2.98. The first kappa shape index (κ1) is 24.6. The van der Waals surface area contributed by atoms with Crippen LogP contribution in [-0.4, -0.2) is 14.2 Å². The van der Waals surface area contributed by atoms with Crippen LogP contribution in [0, 0.1) is 0 Å². The minimum atomic E-state index is 0.527. The molecule has 0 spiro atoms. The normalized spacial score (nSPS) is 11.7. The Balaban J connectivity index is 1.58. The zero-order valence-corrected chi connectivity index (χ0v) is 23.4. The third-order valence-electron chi connectivity index (χ3n) is 6.85. The van der Waals surface area contributed by atoms with E-state index in [1.54, 1.807) is 14.2 Å². The number of hydrogen-bond acceptors (Lipinski definition) is 2. The summed E-state index contributed by atoms with van der Waals surface area (Å²) in [6, 6.07) is 43.6. The van der Waals surface area contributed by atoms with Gasteiger partial charge in [0.25, 0.3) is 0 Å².